The van der Waals surface area contributed by atoms with Crippen molar-refractivity contribution in [3.63, 3.8) is 0 Å². The summed E-state index contributed by atoms with van der Waals surface area (Å²) in [6.07, 6.45) is 0.774. The van der Waals surface area contributed by atoms with Gasteiger partial charge in [-0.05, 0) is 18.9 Å². The number of hydrogen-bond acceptors (Lipinski definition) is 5. The molecule has 2 aromatic rings. The Hall–Kier alpha value is -2.37. The molecule has 0 saturated carbocycles. The van der Waals surface area contributed by atoms with Gasteiger partial charge in [0.1, 0.15) is 0 Å². The lowest BCUT2D eigenvalue weighted by Crippen LogP contribution is -2.11. The summed E-state index contributed by atoms with van der Waals surface area (Å²) < 4.78 is 6.36. The molecule has 0 aliphatic heterocycles. The first-order valence-corrected chi connectivity index (χ1v) is 6.12. The fraction of sp³-hybridized carbons (Fsp3) is 0.308. The summed E-state index contributed by atoms with van der Waals surface area (Å²) >= 11 is 0. The lowest BCUT2D eigenvalue weighted by Gasteiger charge is -2.03. The SMILES string of the molecule is CCOC(=O)c1nnn(CCc2ccccc2)c1N. The van der Waals surface area contributed by atoms with Crippen molar-refractivity contribution in [2.24, 2.45) is 0 Å². The quantitative estimate of drug-likeness (QED) is 0.819. The second kappa shape index (κ2) is 5.99. The zero-order valence-corrected chi connectivity index (χ0v) is 10.7. The first kappa shape index (κ1) is 13.1. The number of esters is 1. The van der Waals surface area contributed by atoms with E-state index >= 15 is 0 Å². The Morgan fingerprint density at radius 2 is 2.11 bits per heavy atom. The van der Waals surface area contributed by atoms with Gasteiger partial charge in [0.15, 0.2) is 5.82 Å². The molecule has 0 atom stereocenters. The summed E-state index contributed by atoms with van der Waals surface area (Å²) in [6, 6.07) is 9.97. The summed E-state index contributed by atoms with van der Waals surface area (Å²) in [5.41, 5.74) is 7.09. The van der Waals surface area contributed by atoms with Gasteiger partial charge >= 0.3 is 5.97 Å². The molecule has 0 radical (unpaired) electrons. The van der Waals surface area contributed by atoms with Crippen LogP contribution in [0.3, 0.4) is 0 Å². The number of carbonyl (C=O) groups is 1. The largest absolute Gasteiger partial charge is 0.461 e. The van der Waals surface area contributed by atoms with Gasteiger partial charge in [0.05, 0.1) is 6.61 Å². The average molecular weight is 260 g/mol. The third kappa shape index (κ3) is 3.09. The second-order valence-corrected chi connectivity index (χ2v) is 4.00. The molecule has 19 heavy (non-hydrogen) atoms. The van der Waals surface area contributed by atoms with E-state index in [1.165, 1.54) is 10.2 Å². The molecule has 0 bridgehead atoms. The van der Waals surface area contributed by atoms with Crippen molar-refractivity contribution in [1.82, 2.24) is 15.0 Å². The number of benzene rings is 1. The monoisotopic (exact) mass is 260 g/mol. The highest BCUT2D eigenvalue weighted by Gasteiger charge is 2.18. The van der Waals surface area contributed by atoms with E-state index in [2.05, 4.69) is 10.3 Å². The molecule has 1 aromatic heterocycles. The topological polar surface area (TPSA) is 83.0 Å². The third-order valence-corrected chi connectivity index (χ3v) is 2.70. The van der Waals surface area contributed by atoms with E-state index in [0.717, 1.165) is 6.42 Å². The number of rotatable bonds is 5. The minimum Gasteiger partial charge on any atom is -0.461 e. The molecule has 0 saturated heterocycles. The molecule has 6 heteroatoms. The number of nitrogen functional groups attached to an aromatic ring is 1. The van der Waals surface area contributed by atoms with E-state index in [4.69, 9.17) is 10.5 Å². The third-order valence-electron chi connectivity index (χ3n) is 2.70. The Labute approximate surface area is 111 Å². The minimum absolute atomic E-state index is 0.0786. The van der Waals surface area contributed by atoms with Crippen LogP contribution in [0.2, 0.25) is 0 Å². The van der Waals surface area contributed by atoms with E-state index in [0.29, 0.717) is 6.54 Å². The Morgan fingerprint density at radius 1 is 1.37 bits per heavy atom. The van der Waals surface area contributed by atoms with Gasteiger partial charge in [-0.3, -0.25) is 0 Å². The van der Waals surface area contributed by atoms with Gasteiger partial charge in [0, 0.05) is 6.54 Å². The summed E-state index contributed by atoms with van der Waals surface area (Å²) in [4.78, 5) is 11.5. The summed E-state index contributed by atoms with van der Waals surface area (Å²) in [7, 11) is 0. The maximum atomic E-state index is 11.5. The lowest BCUT2D eigenvalue weighted by atomic mass is 10.1. The second-order valence-electron chi connectivity index (χ2n) is 4.00. The zero-order valence-electron chi connectivity index (χ0n) is 10.7. The fourth-order valence-corrected chi connectivity index (χ4v) is 1.71. The van der Waals surface area contributed by atoms with Gasteiger partial charge in [-0.15, -0.1) is 5.10 Å². The molecule has 1 heterocycles. The molecular weight excluding hydrogens is 244 g/mol. The summed E-state index contributed by atoms with van der Waals surface area (Å²) in [5.74, 6) is -0.291. The number of hydrogen-bond donors (Lipinski definition) is 1. The van der Waals surface area contributed by atoms with E-state index in [1.807, 2.05) is 30.3 Å². The Kier molecular flexibility index (Phi) is 4.12. The van der Waals surface area contributed by atoms with Gasteiger partial charge in [-0.2, -0.15) is 0 Å². The molecule has 0 amide bonds. The van der Waals surface area contributed by atoms with E-state index < -0.39 is 5.97 Å². The predicted molar refractivity (Wildman–Crippen MR) is 70.5 cm³/mol. The summed E-state index contributed by atoms with van der Waals surface area (Å²) in [5, 5.41) is 7.63. The van der Waals surface area contributed by atoms with Crippen molar-refractivity contribution >= 4 is 11.8 Å². The van der Waals surface area contributed by atoms with Crippen molar-refractivity contribution < 1.29 is 9.53 Å². The molecule has 1 aromatic carbocycles. The Bertz CT molecular complexity index is 551. The van der Waals surface area contributed by atoms with Crippen LogP contribution in [-0.4, -0.2) is 27.6 Å². The van der Waals surface area contributed by atoms with E-state index in [9.17, 15) is 4.79 Å². The van der Waals surface area contributed by atoms with Crippen LogP contribution in [-0.2, 0) is 17.7 Å². The molecule has 2 N–H and O–H groups in total. The molecule has 6 nitrogen and oxygen atoms in total. The summed E-state index contributed by atoms with van der Waals surface area (Å²) in [6.45, 7) is 2.59. The number of nitrogens with two attached hydrogens (primary N) is 1. The normalized spacial score (nSPS) is 10.4. The van der Waals surface area contributed by atoms with E-state index in [1.54, 1.807) is 6.92 Å². The van der Waals surface area contributed by atoms with Crippen molar-refractivity contribution in [2.45, 2.75) is 19.9 Å². The van der Waals surface area contributed by atoms with Crippen LogP contribution in [0.1, 0.15) is 23.0 Å². The van der Waals surface area contributed by atoms with Crippen LogP contribution in [0.25, 0.3) is 0 Å². The number of aromatic nitrogens is 3. The van der Waals surface area contributed by atoms with Gasteiger partial charge in [0.2, 0.25) is 5.69 Å². The molecule has 0 spiro atoms. The van der Waals surface area contributed by atoms with Crippen LogP contribution in [0.15, 0.2) is 30.3 Å². The molecular formula is C13H16N4O2. The fourth-order valence-electron chi connectivity index (χ4n) is 1.71. The lowest BCUT2D eigenvalue weighted by molar-refractivity contribution is 0.0520. The molecule has 2 rings (SSSR count). The Balaban J connectivity index is 2.04. The first-order chi connectivity index (χ1) is 9.22. The standard InChI is InChI=1S/C13H16N4O2/c1-2-19-13(18)11-12(14)17(16-15-11)9-8-10-6-4-3-5-7-10/h3-7H,2,8-9,14H2,1H3. The molecule has 0 fully saturated rings. The number of anilines is 1. The van der Waals surface area contributed by atoms with Crippen LogP contribution in [0.5, 0.6) is 0 Å². The molecule has 0 aliphatic carbocycles. The van der Waals surface area contributed by atoms with Crippen LogP contribution >= 0.6 is 0 Å². The smallest absolute Gasteiger partial charge is 0.362 e. The van der Waals surface area contributed by atoms with E-state index in [-0.39, 0.29) is 18.1 Å². The first-order valence-electron chi connectivity index (χ1n) is 6.12. The van der Waals surface area contributed by atoms with Crippen LogP contribution in [0.4, 0.5) is 5.82 Å². The minimum atomic E-state index is -0.536. The van der Waals surface area contributed by atoms with Crippen LogP contribution < -0.4 is 5.73 Å². The van der Waals surface area contributed by atoms with Gasteiger partial charge < -0.3 is 10.5 Å². The highest BCUT2D eigenvalue weighted by molar-refractivity contribution is 5.91. The predicted octanol–water partition coefficient (Wildman–Crippen LogP) is 1.28. The number of nitrogens with zero attached hydrogens (tertiary/aromatic N) is 3. The molecule has 100 valence electrons. The van der Waals surface area contributed by atoms with Gasteiger partial charge in [0.25, 0.3) is 0 Å². The van der Waals surface area contributed by atoms with Crippen molar-refractivity contribution in [3.8, 4) is 0 Å². The average Bonchev–Trinajstić information content (AvgIpc) is 2.79. The van der Waals surface area contributed by atoms with Gasteiger partial charge in [-0.1, -0.05) is 35.5 Å². The highest BCUT2D eigenvalue weighted by Crippen LogP contribution is 2.10. The van der Waals surface area contributed by atoms with Crippen molar-refractivity contribution in [1.29, 1.82) is 0 Å². The number of carbonyl (C=O) groups excluding carboxylic acids is 1. The van der Waals surface area contributed by atoms with Gasteiger partial charge in [-0.25, -0.2) is 9.48 Å². The molecule has 0 unspecified atom stereocenters. The molecule has 0 aliphatic rings. The zero-order chi connectivity index (χ0) is 13.7. The maximum Gasteiger partial charge on any atom is 0.362 e. The van der Waals surface area contributed by atoms with Crippen molar-refractivity contribution in [2.75, 3.05) is 12.3 Å². The number of ether oxygens (including phenoxy) is 1. The number of aryl methyl sites for hydroxylation is 2. The highest BCUT2D eigenvalue weighted by atomic mass is 16.5. The van der Waals surface area contributed by atoms with Crippen molar-refractivity contribution in [3.05, 3.63) is 41.6 Å². The van der Waals surface area contributed by atoms with Crippen LogP contribution in [0, 0.1) is 0 Å². The maximum absolute atomic E-state index is 11.5. The Morgan fingerprint density at radius 3 is 2.79 bits per heavy atom.